The Bertz CT molecular complexity index is 609. The fraction of sp³-hybridized carbons (Fsp3) is 1.00. The van der Waals surface area contributed by atoms with Gasteiger partial charge in [0.15, 0.2) is 0 Å². The van der Waals surface area contributed by atoms with E-state index >= 15 is 0 Å². The quantitative estimate of drug-likeness (QED) is 0.188. The molecule has 0 aliphatic rings. The van der Waals surface area contributed by atoms with Crippen LogP contribution in [0.2, 0.25) is 0 Å². The van der Waals surface area contributed by atoms with Crippen molar-refractivity contribution in [3.63, 3.8) is 0 Å². The molecule has 12 nitrogen and oxygen atoms in total. The van der Waals surface area contributed by atoms with Crippen LogP contribution in [0.4, 0.5) is 0 Å². The molecule has 152 valence electrons. The van der Waals surface area contributed by atoms with E-state index in [2.05, 4.69) is 6.78 Å². The van der Waals surface area contributed by atoms with Crippen molar-refractivity contribution in [3.8, 4) is 0 Å². The number of aliphatic hydroxyl groups is 3. The average molecular weight is 626 g/mol. The average Bonchev–Trinajstić information content (AvgIpc) is 2.18. The first-order valence-corrected chi connectivity index (χ1v) is 15.6. The number of rotatable bonds is 12. The normalized spacial score (nSPS) is 17.4. The maximum absolute atomic E-state index is 11.7. The Morgan fingerprint density at radius 2 is 0.840 bits per heavy atom. The van der Waals surface area contributed by atoms with Crippen molar-refractivity contribution in [1.82, 2.24) is 0 Å². The summed E-state index contributed by atoms with van der Waals surface area (Å²) in [6, 6.07) is 0. The Kier molecular flexibility index (Phi) is 10.4. The second kappa shape index (κ2) is 10.2. The van der Waals surface area contributed by atoms with E-state index in [-0.39, 0.29) is 0 Å². The molecular weight excluding hydrogens is 605 g/mol. The topological polar surface area (TPSA) is 191 Å². The molecule has 0 bridgehead atoms. The van der Waals surface area contributed by atoms with E-state index in [1.165, 1.54) is 0 Å². The molecule has 3 atom stereocenters. The second-order valence-electron chi connectivity index (χ2n) is 5.17. The van der Waals surface area contributed by atoms with Crippen molar-refractivity contribution in [2.24, 2.45) is 0 Å². The van der Waals surface area contributed by atoms with Gasteiger partial charge in [-0.3, -0.25) is 0 Å². The van der Waals surface area contributed by atoms with Gasteiger partial charge in [0.2, 0.25) is 0 Å². The Morgan fingerprint density at radius 3 is 1.00 bits per heavy atom. The molecule has 0 radical (unpaired) electrons. The Morgan fingerprint density at radius 1 is 0.640 bits per heavy atom. The van der Waals surface area contributed by atoms with Gasteiger partial charge in [0.05, 0.1) is 0 Å². The van der Waals surface area contributed by atoms with Crippen LogP contribution in [-0.4, -0.2) is 99.2 Å². The number of aliphatic hydroxyl groups excluding tert-OH is 3. The third-order valence-corrected chi connectivity index (χ3v) is 17.8. The Hall–Kier alpha value is 0.493. The third-order valence-electron chi connectivity index (χ3n) is 1.86. The molecular formula is C9H21BiO12S3. The summed E-state index contributed by atoms with van der Waals surface area (Å²) in [6.45, 7) is 3.34. The van der Waals surface area contributed by atoms with Crippen LogP contribution in [-0.2, 0) is 37.1 Å². The first-order valence-electron chi connectivity index (χ1n) is 6.65. The van der Waals surface area contributed by atoms with Gasteiger partial charge in [0.25, 0.3) is 0 Å². The van der Waals surface area contributed by atoms with Gasteiger partial charge in [0, 0.05) is 0 Å². The summed E-state index contributed by atoms with van der Waals surface area (Å²) in [6.07, 6.45) is -4.13. The van der Waals surface area contributed by atoms with Crippen LogP contribution in [0.15, 0.2) is 0 Å². The van der Waals surface area contributed by atoms with Gasteiger partial charge in [-0.15, -0.1) is 0 Å². The van der Waals surface area contributed by atoms with Gasteiger partial charge in [-0.2, -0.15) is 0 Å². The molecule has 0 saturated heterocycles. The van der Waals surface area contributed by atoms with Crippen LogP contribution in [0.25, 0.3) is 0 Å². The van der Waals surface area contributed by atoms with Crippen LogP contribution in [0.3, 0.4) is 0 Å². The Balaban J connectivity index is 5.45. The van der Waals surface area contributed by atoms with E-state index in [1.54, 1.807) is 0 Å². The molecule has 0 amide bonds. The van der Waals surface area contributed by atoms with Crippen molar-refractivity contribution in [1.29, 1.82) is 0 Å². The summed E-state index contributed by atoms with van der Waals surface area (Å²) in [7, 11) is -13.6. The van der Waals surface area contributed by atoms with E-state index in [0.717, 1.165) is 20.8 Å². The van der Waals surface area contributed by atoms with E-state index < -0.39 is 89.0 Å². The summed E-state index contributed by atoms with van der Waals surface area (Å²) in [4.78, 5) is 0. The molecule has 25 heavy (non-hydrogen) atoms. The van der Waals surface area contributed by atoms with Crippen molar-refractivity contribution >= 4 is 53.4 Å². The first kappa shape index (κ1) is 25.5. The van der Waals surface area contributed by atoms with Crippen molar-refractivity contribution in [3.05, 3.63) is 0 Å². The molecule has 3 N–H and O–H groups in total. The fourth-order valence-electron chi connectivity index (χ4n) is 1.29. The molecule has 16 heteroatoms. The van der Waals surface area contributed by atoms with Crippen LogP contribution >= 0.6 is 0 Å². The summed E-state index contributed by atoms with van der Waals surface area (Å²) in [5.74, 6) is -2.84. The Labute approximate surface area is 156 Å². The predicted octanol–water partition coefficient (Wildman–Crippen LogP) is -2.85. The van der Waals surface area contributed by atoms with Crippen LogP contribution < -0.4 is 0 Å². The van der Waals surface area contributed by atoms with Crippen molar-refractivity contribution in [2.45, 2.75) is 39.1 Å². The second-order valence-corrected chi connectivity index (χ2v) is 16.9. The standard InChI is InChI=1S/3C3H8O4S.Bi/c3*1-3(4)2-8(5,6)7;/h3*3-4H,2H2,1H3,(H,5,6,7);/q;;;+3/p-3. The molecule has 0 aliphatic carbocycles. The zero-order chi connectivity index (χ0) is 20.1. The number of hydrogen-bond acceptors (Lipinski definition) is 12. The molecule has 0 saturated carbocycles. The molecule has 0 rings (SSSR count). The molecule has 0 heterocycles. The zero-order valence-electron chi connectivity index (χ0n) is 13.5. The molecule has 0 spiro atoms. The van der Waals surface area contributed by atoms with E-state index in [9.17, 15) is 25.3 Å². The van der Waals surface area contributed by atoms with Gasteiger partial charge in [-0.05, 0) is 0 Å². The predicted molar refractivity (Wildman–Crippen MR) is 85.4 cm³/mol. The zero-order valence-corrected chi connectivity index (χ0v) is 19.5. The molecule has 0 aromatic heterocycles. The molecule has 3 unspecified atom stereocenters. The molecule has 0 fully saturated rings. The summed E-state index contributed by atoms with van der Waals surface area (Å²) in [5, 5.41) is 27.2. The number of hydrogen-bond donors (Lipinski definition) is 3. The third kappa shape index (κ3) is 13.3. The minimum atomic E-state index is -5.14. The van der Waals surface area contributed by atoms with Gasteiger partial charge >= 0.3 is 157 Å². The van der Waals surface area contributed by atoms with E-state index in [0.29, 0.717) is 0 Å². The van der Waals surface area contributed by atoms with Gasteiger partial charge in [-0.1, -0.05) is 0 Å². The summed E-state index contributed by atoms with van der Waals surface area (Å²) < 4.78 is 83.4. The first-order chi connectivity index (χ1) is 11.0. The van der Waals surface area contributed by atoms with E-state index in [4.69, 9.17) is 15.3 Å². The molecule has 0 aliphatic heterocycles. The minimum absolute atomic E-state index is 0.946. The molecule has 0 aromatic carbocycles. The maximum atomic E-state index is 11.7. The van der Waals surface area contributed by atoms with Gasteiger partial charge in [0.1, 0.15) is 0 Å². The van der Waals surface area contributed by atoms with Crippen LogP contribution in [0, 0.1) is 0 Å². The van der Waals surface area contributed by atoms with Crippen LogP contribution in [0.5, 0.6) is 0 Å². The monoisotopic (exact) mass is 626 g/mol. The summed E-state index contributed by atoms with van der Waals surface area (Å²) in [5.41, 5.74) is 0. The van der Waals surface area contributed by atoms with Crippen molar-refractivity contribution in [2.75, 3.05) is 17.3 Å². The van der Waals surface area contributed by atoms with E-state index in [1.807, 2.05) is 0 Å². The van der Waals surface area contributed by atoms with Gasteiger partial charge in [-0.25, -0.2) is 0 Å². The van der Waals surface area contributed by atoms with Crippen molar-refractivity contribution < 1.29 is 47.4 Å². The fourth-order valence-corrected chi connectivity index (χ4v) is 15.3. The van der Waals surface area contributed by atoms with Crippen LogP contribution in [0.1, 0.15) is 20.8 Å². The molecule has 0 aromatic rings. The summed E-state index contributed by atoms with van der Waals surface area (Å²) >= 11 is -5.14. The van der Waals surface area contributed by atoms with Gasteiger partial charge < -0.3 is 0 Å². The SMILES string of the molecule is CC(O)CS(=O)(=O)[O][Bi]([O]S(=O)(=O)CC(C)O)[O]S(=O)(=O)CC(C)O.